The predicted octanol–water partition coefficient (Wildman–Crippen LogP) is 0.284. The van der Waals surface area contributed by atoms with Crippen LogP contribution in [0.15, 0.2) is 4.52 Å². The number of nitrogens with zero attached hydrogens (tertiary/aromatic N) is 1. The highest BCUT2D eigenvalue weighted by Crippen LogP contribution is 2.17. The third kappa shape index (κ3) is 1.41. The first kappa shape index (κ1) is 8.23. The molecule has 0 radical (unpaired) electrons. The highest BCUT2D eigenvalue weighted by molar-refractivity contribution is 5.22. The van der Waals surface area contributed by atoms with E-state index in [2.05, 4.69) is 5.16 Å². The summed E-state index contributed by atoms with van der Waals surface area (Å²) < 4.78 is 4.91. The number of aliphatic hydroxyl groups excluding tert-OH is 1. The molecule has 1 aromatic rings. The van der Waals surface area contributed by atoms with Crippen LogP contribution in [0, 0.1) is 13.8 Å². The van der Waals surface area contributed by atoms with Crippen molar-refractivity contribution < 1.29 is 9.63 Å². The molecule has 3 N–H and O–H groups in total. The van der Waals surface area contributed by atoms with E-state index in [1.165, 1.54) is 0 Å². The summed E-state index contributed by atoms with van der Waals surface area (Å²) in [6.45, 7) is 3.60. The molecule has 0 aliphatic carbocycles. The highest BCUT2D eigenvalue weighted by atomic mass is 16.5. The van der Waals surface area contributed by atoms with Crippen LogP contribution in [0.25, 0.3) is 0 Å². The van der Waals surface area contributed by atoms with Crippen LogP contribution in [0.3, 0.4) is 0 Å². The van der Waals surface area contributed by atoms with Crippen molar-refractivity contribution in [2.24, 2.45) is 5.73 Å². The lowest BCUT2D eigenvalue weighted by Gasteiger charge is -2.02. The number of hydrogen-bond donors (Lipinski definition) is 2. The monoisotopic (exact) mass is 156 g/mol. The summed E-state index contributed by atoms with van der Waals surface area (Å²) in [4.78, 5) is 0. The van der Waals surface area contributed by atoms with Gasteiger partial charge in [0.05, 0.1) is 18.3 Å². The summed E-state index contributed by atoms with van der Waals surface area (Å²) in [6, 6.07) is -0.448. The van der Waals surface area contributed by atoms with E-state index in [1.807, 2.05) is 13.8 Å². The van der Waals surface area contributed by atoms with E-state index in [0.29, 0.717) is 5.76 Å². The van der Waals surface area contributed by atoms with Crippen molar-refractivity contribution in [2.75, 3.05) is 6.61 Å². The summed E-state index contributed by atoms with van der Waals surface area (Å²) in [5, 5.41) is 12.4. The van der Waals surface area contributed by atoms with Crippen molar-refractivity contribution >= 4 is 0 Å². The molecule has 0 aliphatic rings. The van der Waals surface area contributed by atoms with Crippen LogP contribution in [-0.2, 0) is 0 Å². The van der Waals surface area contributed by atoms with Crippen LogP contribution in [0.5, 0.6) is 0 Å². The number of aliphatic hydroxyl groups is 1. The van der Waals surface area contributed by atoms with E-state index in [-0.39, 0.29) is 6.61 Å². The molecule has 1 atom stereocenters. The Labute approximate surface area is 65.0 Å². The Morgan fingerprint density at radius 3 is 2.64 bits per heavy atom. The van der Waals surface area contributed by atoms with E-state index in [9.17, 15) is 0 Å². The van der Waals surface area contributed by atoms with Gasteiger partial charge >= 0.3 is 0 Å². The number of nitrogens with two attached hydrogens (primary N) is 1. The third-order valence-corrected chi connectivity index (χ3v) is 1.73. The van der Waals surface area contributed by atoms with E-state index in [0.717, 1.165) is 11.3 Å². The predicted molar refractivity (Wildman–Crippen MR) is 40.0 cm³/mol. The molecule has 4 heteroatoms. The van der Waals surface area contributed by atoms with Gasteiger partial charge in [-0.15, -0.1) is 0 Å². The molecule has 11 heavy (non-hydrogen) atoms. The first-order chi connectivity index (χ1) is 5.16. The lowest BCUT2D eigenvalue weighted by Crippen LogP contribution is -2.14. The zero-order chi connectivity index (χ0) is 8.43. The average Bonchev–Trinajstić information content (AvgIpc) is 2.32. The average molecular weight is 156 g/mol. The van der Waals surface area contributed by atoms with E-state index in [4.69, 9.17) is 15.4 Å². The Morgan fingerprint density at radius 2 is 2.27 bits per heavy atom. The van der Waals surface area contributed by atoms with Gasteiger partial charge < -0.3 is 15.4 Å². The molecule has 0 saturated heterocycles. The van der Waals surface area contributed by atoms with Gasteiger partial charge in [0.15, 0.2) is 5.76 Å². The molecule has 62 valence electrons. The van der Waals surface area contributed by atoms with Gasteiger partial charge in [-0.2, -0.15) is 0 Å². The van der Waals surface area contributed by atoms with Crippen molar-refractivity contribution in [3.05, 3.63) is 17.0 Å². The molecule has 0 aliphatic heterocycles. The van der Waals surface area contributed by atoms with Crippen molar-refractivity contribution in [1.29, 1.82) is 0 Å². The fraction of sp³-hybridized carbons (Fsp3) is 0.571. The fourth-order valence-electron chi connectivity index (χ4n) is 0.862. The molecule has 0 fully saturated rings. The van der Waals surface area contributed by atoms with Crippen LogP contribution >= 0.6 is 0 Å². The number of aryl methyl sites for hydroxylation is 1. The molecular weight excluding hydrogens is 144 g/mol. The molecule has 0 amide bonds. The maximum Gasteiger partial charge on any atom is 0.158 e. The minimum absolute atomic E-state index is 0.116. The van der Waals surface area contributed by atoms with Gasteiger partial charge in [0.25, 0.3) is 0 Å². The Hall–Kier alpha value is -0.870. The molecule has 1 aromatic heterocycles. The van der Waals surface area contributed by atoms with Crippen molar-refractivity contribution in [1.82, 2.24) is 5.16 Å². The normalized spacial score (nSPS) is 13.5. The number of rotatable bonds is 2. The molecular formula is C7H12N2O2. The lowest BCUT2D eigenvalue weighted by molar-refractivity contribution is 0.240. The first-order valence-electron chi connectivity index (χ1n) is 3.46. The van der Waals surface area contributed by atoms with Crippen molar-refractivity contribution in [3.8, 4) is 0 Å². The maximum atomic E-state index is 8.71. The minimum Gasteiger partial charge on any atom is -0.394 e. The minimum atomic E-state index is -0.448. The summed E-state index contributed by atoms with van der Waals surface area (Å²) in [7, 11) is 0. The zero-order valence-corrected chi connectivity index (χ0v) is 6.66. The molecule has 0 spiro atoms. The van der Waals surface area contributed by atoms with Crippen LogP contribution in [-0.4, -0.2) is 16.9 Å². The summed E-state index contributed by atoms with van der Waals surface area (Å²) in [5.41, 5.74) is 7.27. The Kier molecular flexibility index (Phi) is 2.26. The molecule has 1 unspecified atom stereocenters. The summed E-state index contributed by atoms with van der Waals surface area (Å²) in [5.74, 6) is 0.574. The fourth-order valence-corrected chi connectivity index (χ4v) is 0.862. The van der Waals surface area contributed by atoms with Gasteiger partial charge in [-0.05, 0) is 13.8 Å². The van der Waals surface area contributed by atoms with Crippen LogP contribution in [0.1, 0.15) is 23.1 Å². The van der Waals surface area contributed by atoms with Gasteiger partial charge in [0.1, 0.15) is 0 Å². The van der Waals surface area contributed by atoms with Gasteiger partial charge in [-0.25, -0.2) is 0 Å². The summed E-state index contributed by atoms with van der Waals surface area (Å²) >= 11 is 0. The van der Waals surface area contributed by atoms with Crippen LogP contribution in [0.2, 0.25) is 0 Å². The van der Waals surface area contributed by atoms with Crippen LogP contribution in [0.4, 0.5) is 0 Å². The van der Waals surface area contributed by atoms with Gasteiger partial charge in [-0.3, -0.25) is 0 Å². The standard InChI is InChI=1S/C7H12N2O2/c1-4-5(2)9-11-7(4)6(8)3-10/h6,10H,3,8H2,1-2H3. The topological polar surface area (TPSA) is 72.3 Å². The van der Waals surface area contributed by atoms with Gasteiger partial charge in [0.2, 0.25) is 0 Å². The second-order valence-corrected chi connectivity index (χ2v) is 2.55. The molecule has 1 heterocycles. The van der Waals surface area contributed by atoms with Gasteiger partial charge in [0, 0.05) is 5.56 Å². The van der Waals surface area contributed by atoms with E-state index < -0.39 is 6.04 Å². The second-order valence-electron chi connectivity index (χ2n) is 2.55. The largest absolute Gasteiger partial charge is 0.394 e. The van der Waals surface area contributed by atoms with Crippen LogP contribution < -0.4 is 5.73 Å². The van der Waals surface area contributed by atoms with E-state index >= 15 is 0 Å². The Balaban J connectivity index is 2.94. The molecule has 1 rings (SSSR count). The zero-order valence-electron chi connectivity index (χ0n) is 6.66. The quantitative estimate of drug-likeness (QED) is 0.645. The van der Waals surface area contributed by atoms with Crippen molar-refractivity contribution in [3.63, 3.8) is 0 Å². The second kappa shape index (κ2) is 3.02. The smallest absolute Gasteiger partial charge is 0.158 e. The Bertz CT molecular complexity index is 245. The number of hydrogen-bond acceptors (Lipinski definition) is 4. The molecule has 0 aromatic carbocycles. The number of aromatic nitrogens is 1. The molecule has 4 nitrogen and oxygen atoms in total. The third-order valence-electron chi connectivity index (χ3n) is 1.73. The SMILES string of the molecule is Cc1noc(C(N)CO)c1C. The van der Waals surface area contributed by atoms with Gasteiger partial charge in [-0.1, -0.05) is 5.16 Å². The summed E-state index contributed by atoms with van der Waals surface area (Å²) in [6.07, 6.45) is 0. The highest BCUT2D eigenvalue weighted by Gasteiger charge is 2.14. The first-order valence-corrected chi connectivity index (χ1v) is 3.46. The lowest BCUT2D eigenvalue weighted by atomic mass is 10.1. The van der Waals surface area contributed by atoms with Crippen molar-refractivity contribution in [2.45, 2.75) is 19.9 Å². The maximum absolute atomic E-state index is 8.71. The molecule has 0 saturated carbocycles. The molecule has 0 bridgehead atoms. The Morgan fingerprint density at radius 1 is 1.64 bits per heavy atom. The van der Waals surface area contributed by atoms with E-state index in [1.54, 1.807) is 0 Å².